The monoisotopic (exact) mass is 413 g/mol. The number of dihydropyridines is 1. The van der Waals surface area contributed by atoms with Crippen LogP contribution in [0, 0.1) is 0 Å². The highest BCUT2D eigenvalue weighted by atomic mass is 32.2. The number of thioether (sulfide) groups is 1. The van der Waals surface area contributed by atoms with E-state index in [9.17, 15) is 9.59 Å². The van der Waals surface area contributed by atoms with Crippen LogP contribution in [0.25, 0.3) is 10.4 Å². The van der Waals surface area contributed by atoms with E-state index in [0.717, 1.165) is 35.9 Å². The van der Waals surface area contributed by atoms with Crippen LogP contribution >= 0.6 is 11.8 Å². The second-order valence-corrected chi connectivity index (χ2v) is 8.25. The average Bonchev–Trinajstić information content (AvgIpc) is 3.01. The van der Waals surface area contributed by atoms with Crippen LogP contribution in [0.3, 0.4) is 0 Å². The Bertz CT molecular complexity index is 877. The first-order chi connectivity index (χ1) is 14.0. The molecule has 29 heavy (non-hydrogen) atoms. The van der Waals surface area contributed by atoms with E-state index in [1.54, 1.807) is 0 Å². The Morgan fingerprint density at radius 2 is 2.10 bits per heavy atom. The van der Waals surface area contributed by atoms with Gasteiger partial charge in [-0.1, -0.05) is 36.3 Å². The van der Waals surface area contributed by atoms with Gasteiger partial charge in [0.05, 0.1) is 13.2 Å². The van der Waals surface area contributed by atoms with Crippen molar-refractivity contribution in [3.8, 4) is 5.75 Å². The second-order valence-electron chi connectivity index (χ2n) is 6.89. The molecular formula is C20H23N5O3S. The van der Waals surface area contributed by atoms with Crippen LogP contribution in [-0.4, -0.2) is 35.1 Å². The molecule has 2 atom stereocenters. The number of nitrogens with zero attached hydrogens (tertiary/aromatic N) is 3. The third-order valence-corrected chi connectivity index (χ3v) is 5.99. The van der Waals surface area contributed by atoms with Gasteiger partial charge in [0.1, 0.15) is 10.5 Å². The van der Waals surface area contributed by atoms with Gasteiger partial charge in [-0.15, -0.1) is 0 Å². The fraction of sp³-hybridized carbons (Fsp3) is 0.400. The molecule has 0 aromatic heterocycles. The smallest absolute Gasteiger partial charge is 0.286 e. The minimum Gasteiger partial charge on any atom is -0.494 e. The molecule has 1 fully saturated rings. The minimum atomic E-state index is -1.10. The number of imide groups is 1. The maximum Gasteiger partial charge on any atom is 0.286 e. The summed E-state index contributed by atoms with van der Waals surface area (Å²) in [6.07, 6.45) is 8.49. The van der Waals surface area contributed by atoms with Crippen LogP contribution < -0.4 is 15.4 Å². The molecule has 0 saturated carbocycles. The number of rotatable bonds is 9. The molecule has 0 aliphatic carbocycles. The van der Waals surface area contributed by atoms with Gasteiger partial charge >= 0.3 is 0 Å². The van der Waals surface area contributed by atoms with Crippen molar-refractivity contribution in [2.45, 2.75) is 37.0 Å². The number of nitrogens with one attached hydrogen (secondary N) is 2. The quantitative estimate of drug-likeness (QED) is 0.362. The van der Waals surface area contributed by atoms with Crippen molar-refractivity contribution in [2.24, 2.45) is 5.11 Å². The molecular weight excluding hydrogens is 390 g/mol. The molecule has 2 aliphatic rings. The number of hydrogen-bond acceptors (Lipinski definition) is 6. The summed E-state index contributed by atoms with van der Waals surface area (Å²) in [6.45, 7) is 2.61. The number of carbonyl (C=O) groups is 2. The Labute approximate surface area is 173 Å². The molecule has 152 valence electrons. The van der Waals surface area contributed by atoms with Gasteiger partial charge in [-0.05, 0) is 53.4 Å². The van der Waals surface area contributed by atoms with Gasteiger partial charge in [-0.3, -0.25) is 14.9 Å². The third kappa shape index (κ3) is 5.34. The van der Waals surface area contributed by atoms with E-state index in [0.29, 0.717) is 6.61 Å². The van der Waals surface area contributed by atoms with Crippen LogP contribution in [0.2, 0.25) is 0 Å². The lowest BCUT2D eigenvalue weighted by Crippen LogP contribution is -2.41. The largest absolute Gasteiger partial charge is 0.494 e. The number of benzene rings is 1. The lowest BCUT2D eigenvalue weighted by molar-refractivity contribution is -0.121. The molecule has 0 radical (unpaired) electrons. The van der Waals surface area contributed by atoms with E-state index in [1.165, 1.54) is 5.57 Å². The first kappa shape index (κ1) is 20.8. The molecule has 8 nitrogen and oxygen atoms in total. The summed E-state index contributed by atoms with van der Waals surface area (Å²) in [5.74, 6) is 0.315. The summed E-state index contributed by atoms with van der Waals surface area (Å²) >= 11 is 0.878. The summed E-state index contributed by atoms with van der Waals surface area (Å²) < 4.78 is 4.71. The highest BCUT2D eigenvalue weighted by Crippen LogP contribution is 2.36. The Kier molecular flexibility index (Phi) is 6.85. The SMILES string of the molecule is CCC1=CNC(CCOc2ccc(CC3(CN=[N+]=[N-])SC(=O)NC3=O)cc2)C=C1. The number of allylic oxidation sites excluding steroid dienone is 2. The summed E-state index contributed by atoms with van der Waals surface area (Å²) in [7, 11) is 0. The number of hydrogen-bond donors (Lipinski definition) is 2. The van der Waals surface area contributed by atoms with Crippen molar-refractivity contribution in [3.63, 3.8) is 0 Å². The zero-order valence-electron chi connectivity index (χ0n) is 16.1. The van der Waals surface area contributed by atoms with Crippen LogP contribution in [0.15, 0.2) is 53.3 Å². The Balaban J connectivity index is 1.54. The molecule has 2 amide bonds. The number of amides is 2. The van der Waals surface area contributed by atoms with Crippen LogP contribution in [0.5, 0.6) is 5.75 Å². The van der Waals surface area contributed by atoms with Crippen LogP contribution in [0.4, 0.5) is 4.79 Å². The summed E-state index contributed by atoms with van der Waals surface area (Å²) in [5, 5.41) is 8.73. The van der Waals surface area contributed by atoms with Crippen LogP contribution in [-0.2, 0) is 11.2 Å². The highest BCUT2D eigenvalue weighted by Gasteiger charge is 2.47. The van der Waals surface area contributed by atoms with E-state index < -0.39 is 15.9 Å². The van der Waals surface area contributed by atoms with Crippen molar-refractivity contribution < 1.29 is 14.3 Å². The number of azide groups is 1. The molecule has 1 saturated heterocycles. The molecule has 3 rings (SSSR count). The maximum absolute atomic E-state index is 12.2. The normalized spacial score (nSPS) is 23.1. The zero-order chi connectivity index (χ0) is 20.7. The summed E-state index contributed by atoms with van der Waals surface area (Å²) in [5.41, 5.74) is 10.7. The Morgan fingerprint density at radius 3 is 2.69 bits per heavy atom. The van der Waals surface area contributed by atoms with Crippen molar-refractivity contribution in [3.05, 3.63) is 64.2 Å². The second kappa shape index (κ2) is 9.54. The fourth-order valence-corrected chi connectivity index (χ4v) is 4.18. The van der Waals surface area contributed by atoms with E-state index in [1.807, 2.05) is 30.5 Å². The fourth-order valence-electron chi connectivity index (χ4n) is 3.17. The molecule has 0 bridgehead atoms. The van der Waals surface area contributed by atoms with Crippen molar-refractivity contribution in [2.75, 3.05) is 13.2 Å². The highest BCUT2D eigenvalue weighted by molar-refractivity contribution is 8.16. The van der Waals surface area contributed by atoms with E-state index in [2.05, 4.69) is 39.7 Å². The number of carbonyl (C=O) groups excluding carboxylic acids is 2. The molecule has 2 N–H and O–H groups in total. The summed E-state index contributed by atoms with van der Waals surface area (Å²) in [4.78, 5) is 26.6. The molecule has 9 heteroatoms. The average molecular weight is 414 g/mol. The first-order valence-corrected chi connectivity index (χ1v) is 10.3. The third-order valence-electron chi connectivity index (χ3n) is 4.85. The number of ether oxygens (including phenoxy) is 1. The predicted molar refractivity (Wildman–Crippen MR) is 113 cm³/mol. The van der Waals surface area contributed by atoms with Gasteiger partial charge in [-0.25, -0.2) is 0 Å². The van der Waals surface area contributed by atoms with E-state index >= 15 is 0 Å². The van der Waals surface area contributed by atoms with Gasteiger partial charge in [-0.2, -0.15) is 0 Å². The zero-order valence-corrected chi connectivity index (χ0v) is 16.9. The first-order valence-electron chi connectivity index (χ1n) is 9.45. The topological polar surface area (TPSA) is 116 Å². The molecule has 2 aliphatic heterocycles. The summed E-state index contributed by atoms with van der Waals surface area (Å²) in [6, 6.07) is 7.67. The molecule has 2 heterocycles. The Morgan fingerprint density at radius 1 is 1.31 bits per heavy atom. The Hall–Kier alpha value is -2.90. The van der Waals surface area contributed by atoms with Gasteiger partial charge in [0.25, 0.3) is 5.24 Å². The van der Waals surface area contributed by atoms with Crippen LogP contribution in [0.1, 0.15) is 25.3 Å². The van der Waals surface area contributed by atoms with E-state index in [4.69, 9.17) is 10.3 Å². The van der Waals surface area contributed by atoms with Crippen molar-refractivity contribution >= 4 is 22.9 Å². The maximum atomic E-state index is 12.2. The standard InChI is InChI=1S/C20H23N5O3S/c1-2-14-3-6-16(22-12-14)9-10-28-17-7-4-15(5-8-17)11-20(13-23-25-21)18(26)24-19(27)29-20/h3-8,12,16,22H,2,9-11,13H2,1H3,(H,24,26,27). The van der Waals surface area contributed by atoms with Crippen molar-refractivity contribution in [1.29, 1.82) is 0 Å². The lowest BCUT2D eigenvalue weighted by atomic mass is 9.97. The van der Waals surface area contributed by atoms with Gasteiger partial charge < -0.3 is 10.1 Å². The van der Waals surface area contributed by atoms with Gasteiger partial charge in [0, 0.05) is 23.6 Å². The van der Waals surface area contributed by atoms with Gasteiger partial charge in [0.15, 0.2) is 0 Å². The molecule has 2 unspecified atom stereocenters. The molecule has 0 spiro atoms. The molecule has 1 aromatic carbocycles. The lowest BCUT2D eigenvalue weighted by Gasteiger charge is -2.22. The molecule has 1 aromatic rings. The predicted octanol–water partition coefficient (Wildman–Crippen LogP) is 3.85. The minimum absolute atomic E-state index is 0.0832. The van der Waals surface area contributed by atoms with Gasteiger partial charge in [0.2, 0.25) is 5.91 Å². The van der Waals surface area contributed by atoms with E-state index in [-0.39, 0.29) is 19.0 Å². The van der Waals surface area contributed by atoms with Crippen molar-refractivity contribution in [1.82, 2.24) is 10.6 Å².